The van der Waals surface area contributed by atoms with Crippen LogP contribution in [-0.2, 0) is 4.79 Å². The zero-order valence-corrected chi connectivity index (χ0v) is 13.1. The molecule has 5 N–H and O–H groups in total. The predicted octanol–water partition coefficient (Wildman–Crippen LogP) is 3.27. The number of hydrogen-bond donors (Lipinski definition) is 4. The lowest BCUT2D eigenvalue weighted by Crippen LogP contribution is -2.22. The minimum Gasteiger partial charge on any atom is -0.330 e. The summed E-state index contributed by atoms with van der Waals surface area (Å²) in [5.74, 6) is -0.249. The zero-order chi connectivity index (χ0) is 16.7. The molecule has 0 radical (unpaired) electrons. The molecule has 0 aliphatic heterocycles. The zero-order valence-electron chi connectivity index (χ0n) is 12.3. The highest BCUT2D eigenvalue weighted by atomic mass is 35.5. The number of hydrogen-bond acceptors (Lipinski definition) is 3. The number of amides is 3. The second kappa shape index (κ2) is 8.17. The molecule has 2 aromatic rings. The van der Waals surface area contributed by atoms with Gasteiger partial charge in [0.05, 0.1) is 11.4 Å². The quantitative estimate of drug-likeness (QED) is 0.676. The number of halogens is 1. The van der Waals surface area contributed by atoms with Gasteiger partial charge in [0.25, 0.3) is 0 Å². The van der Waals surface area contributed by atoms with E-state index in [1.165, 1.54) is 0 Å². The molecule has 0 aliphatic rings. The third kappa shape index (κ3) is 5.28. The Morgan fingerprint density at radius 2 is 1.70 bits per heavy atom. The molecule has 0 unspecified atom stereocenters. The molecule has 2 rings (SSSR count). The molecule has 0 spiro atoms. The van der Waals surface area contributed by atoms with Crippen molar-refractivity contribution in [3.63, 3.8) is 0 Å². The van der Waals surface area contributed by atoms with Crippen LogP contribution in [0.1, 0.15) is 6.42 Å². The summed E-state index contributed by atoms with van der Waals surface area (Å²) in [6.45, 7) is 0.240. The summed E-state index contributed by atoms with van der Waals surface area (Å²) < 4.78 is 0. The highest BCUT2D eigenvalue weighted by Crippen LogP contribution is 2.26. The SMILES string of the molecule is NCCC(=O)Nc1cc(Cl)ccc1NC(=O)Nc1ccccc1. The first-order chi connectivity index (χ1) is 11.1. The summed E-state index contributed by atoms with van der Waals surface area (Å²) in [7, 11) is 0. The van der Waals surface area contributed by atoms with Gasteiger partial charge in [0.15, 0.2) is 0 Å². The van der Waals surface area contributed by atoms with E-state index in [9.17, 15) is 9.59 Å². The van der Waals surface area contributed by atoms with Crippen molar-refractivity contribution >= 4 is 40.6 Å². The van der Waals surface area contributed by atoms with E-state index in [1.54, 1.807) is 30.3 Å². The summed E-state index contributed by atoms with van der Waals surface area (Å²) in [6, 6.07) is 13.4. The Bertz CT molecular complexity index is 692. The van der Waals surface area contributed by atoms with Gasteiger partial charge in [0.1, 0.15) is 0 Å². The van der Waals surface area contributed by atoms with Crippen LogP contribution in [0.3, 0.4) is 0 Å². The number of para-hydroxylation sites is 1. The van der Waals surface area contributed by atoms with Gasteiger partial charge in [-0.25, -0.2) is 4.79 Å². The van der Waals surface area contributed by atoms with Gasteiger partial charge in [0, 0.05) is 23.7 Å². The molecule has 0 atom stereocenters. The van der Waals surface area contributed by atoms with Crippen LogP contribution in [0.5, 0.6) is 0 Å². The molecular weight excluding hydrogens is 316 g/mol. The summed E-state index contributed by atoms with van der Waals surface area (Å²) in [5.41, 5.74) is 6.86. The van der Waals surface area contributed by atoms with Crippen LogP contribution in [-0.4, -0.2) is 18.5 Å². The monoisotopic (exact) mass is 332 g/mol. The second-order valence-corrected chi connectivity index (χ2v) is 5.16. The smallest absolute Gasteiger partial charge is 0.323 e. The van der Waals surface area contributed by atoms with Crippen LogP contribution in [0.15, 0.2) is 48.5 Å². The molecule has 0 saturated heterocycles. The number of nitrogens with two attached hydrogens (primary N) is 1. The van der Waals surface area contributed by atoms with Crippen LogP contribution in [0.2, 0.25) is 5.02 Å². The predicted molar refractivity (Wildman–Crippen MR) is 92.8 cm³/mol. The fourth-order valence-corrected chi connectivity index (χ4v) is 2.05. The molecular formula is C16H17ClN4O2. The first kappa shape index (κ1) is 16.8. The van der Waals surface area contributed by atoms with Crippen LogP contribution in [0, 0.1) is 0 Å². The van der Waals surface area contributed by atoms with Crippen LogP contribution in [0.4, 0.5) is 21.9 Å². The van der Waals surface area contributed by atoms with Gasteiger partial charge < -0.3 is 21.7 Å². The van der Waals surface area contributed by atoms with Crippen LogP contribution in [0.25, 0.3) is 0 Å². The van der Waals surface area contributed by atoms with Crippen molar-refractivity contribution in [1.82, 2.24) is 0 Å². The minimum absolute atomic E-state index is 0.183. The molecule has 2 aromatic carbocycles. The number of nitrogens with one attached hydrogen (secondary N) is 3. The Morgan fingerprint density at radius 3 is 2.39 bits per heavy atom. The average molecular weight is 333 g/mol. The summed E-state index contributed by atoms with van der Waals surface area (Å²) in [6.07, 6.45) is 0.183. The fourth-order valence-electron chi connectivity index (χ4n) is 1.88. The Hall–Kier alpha value is -2.57. The fraction of sp³-hybridized carbons (Fsp3) is 0.125. The molecule has 0 bridgehead atoms. The van der Waals surface area contributed by atoms with Gasteiger partial charge >= 0.3 is 6.03 Å². The second-order valence-electron chi connectivity index (χ2n) is 4.72. The van der Waals surface area contributed by atoms with E-state index in [0.29, 0.717) is 22.1 Å². The average Bonchev–Trinajstić information content (AvgIpc) is 2.51. The Labute approximate surface area is 139 Å². The van der Waals surface area contributed by atoms with Crippen LogP contribution < -0.4 is 21.7 Å². The van der Waals surface area contributed by atoms with Crippen molar-refractivity contribution in [2.45, 2.75) is 6.42 Å². The summed E-state index contributed by atoms with van der Waals surface area (Å²) in [4.78, 5) is 23.7. The maximum Gasteiger partial charge on any atom is 0.323 e. The summed E-state index contributed by atoms with van der Waals surface area (Å²) in [5, 5.41) is 8.50. The number of anilines is 3. The van der Waals surface area contributed by atoms with Crippen molar-refractivity contribution < 1.29 is 9.59 Å². The van der Waals surface area contributed by atoms with Crippen molar-refractivity contribution in [3.8, 4) is 0 Å². The topological polar surface area (TPSA) is 96.2 Å². The molecule has 0 saturated carbocycles. The number of rotatable bonds is 5. The lowest BCUT2D eigenvalue weighted by Gasteiger charge is -2.13. The van der Waals surface area contributed by atoms with Crippen molar-refractivity contribution in [1.29, 1.82) is 0 Å². The third-order valence-electron chi connectivity index (χ3n) is 2.91. The highest BCUT2D eigenvalue weighted by molar-refractivity contribution is 6.31. The molecule has 6 nitrogen and oxygen atoms in total. The van der Waals surface area contributed by atoms with E-state index in [-0.39, 0.29) is 18.9 Å². The standard InChI is InChI=1S/C16H17ClN4O2/c17-11-6-7-13(14(10-11)20-15(22)8-9-18)21-16(23)19-12-4-2-1-3-5-12/h1-7,10H,8-9,18H2,(H,20,22)(H2,19,21,23). The lowest BCUT2D eigenvalue weighted by atomic mass is 10.2. The van der Waals surface area contributed by atoms with Crippen molar-refractivity contribution in [3.05, 3.63) is 53.6 Å². The van der Waals surface area contributed by atoms with Crippen molar-refractivity contribution in [2.24, 2.45) is 5.73 Å². The maximum absolute atomic E-state index is 12.0. The third-order valence-corrected chi connectivity index (χ3v) is 3.14. The molecule has 0 aromatic heterocycles. The van der Waals surface area contributed by atoms with Gasteiger partial charge in [-0.1, -0.05) is 29.8 Å². The number of carbonyl (C=O) groups is 2. The van der Waals surface area contributed by atoms with E-state index in [4.69, 9.17) is 17.3 Å². The highest BCUT2D eigenvalue weighted by Gasteiger charge is 2.10. The van der Waals surface area contributed by atoms with E-state index in [2.05, 4.69) is 16.0 Å². The first-order valence-electron chi connectivity index (χ1n) is 7.01. The molecule has 7 heteroatoms. The van der Waals surface area contributed by atoms with E-state index < -0.39 is 6.03 Å². The van der Waals surface area contributed by atoms with Gasteiger partial charge in [-0.2, -0.15) is 0 Å². The van der Waals surface area contributed by atoms with Gasteiger partial charge in [-0.3, -0.25) is 4.79 Å². The normalized spacial score (nSPS) is 10.0. The van der Waals surface area contributed by atoms with Gasteiger partial charge in [0.2, 0.25) is 5.91 Å². The van der Waals surface area contributed by atoms with Crippen molar-refractivity contribution in [2.75, 3.05) is 22.5 Å². The Balaban J connectivity index is 2.09. The summed E-state index contributed by atoms with van der Waals surface area (Å²) >= 11 is 5.94. The van der Waals surface area contributed by atoms with Gasteiger partial charge in [-0.15, -0.1) is 0 Å². The van der Waals surface area contributed by atoms with E-state index in [1.807, 2.05) is 18.2 Å². The molecule has 0 heterocycles. The Kier molecular flexibility index (Phi) is 5.96. The molecule has 0 aliphatic carbocycles. The minimum atomic E-state index is -0.423. The molecule has 23 heavy (non-hydrogen) atoms. The molecule has 120 valence electrons. The number of carbonyl (C=O) groups excluding carboxylic acids is 2. The van der Waals surface area contributed by atoms with Crippen LogP contribution >= 0.6 is 11.6 Å². The maximum atomic E-state index is 12.0. The van der Waals surface area contributed by atoms with E-state index >= 15 is 0 Å². The lowest BCUT2D eigenvalue weighted by molar-refractivity contribution is -0.116. The first-order valence-corrected chi connectivity index (χ1v) is 7.39. The van der Waals surface area contributed by atoms with E-state index in [0.717, 1.165) is 0 Å². The van der Waals surface area contributed by atoms with Gasteiger partial charge in [-0.05, 0) is 30.3 Å². The molecule has 0 fully saturated rings. The Morgan fingerprint density at radius 1 is 0.957 bits per heavy atom. The molecule has 3 amide bonds. The largest absolute Gasteiger partial charge is 0.330 e. The number of urea groups is 1. The number of benzene rings is 2.